The SMILES string of the molecule is CSCC[C@H](NC(=O)NC1CCC(Nc2nc(N(C)C)c3ccccc3n2)CC1)C(=O)O. The minimum atomic E-state index is -1.01. The van der Waals surface area contributed by atoms with Gasteiger partial charge in [0, 0.05) is 31.6 Å². The molecule has 3 rings (SSSR count). The van der Waals surface area contributed by atoms with E-state index < -0.39 is 18.0 Å². The summed E-state index contributed by atoms with van der Waals surface area (Å²) >= 11 is 1.56. The largest absolute Gasteiger partial charge is 0.480 e. The maximum absolute atomic E-state index is 12.3. The number of thioether (sulfide) groups is 1. The first-order valence-corrected chi connectivity index (χ1v) is 12.3. The van der Waals surface area contributed by atoms with Crippen LogP contribution in [0.2, 0.25) is 0 Å². The number of amides is 2. The molecule has 1 heterocycles. The average Bonchev–Trinajstić information content (AvgIpc) is 2.77. The maximum Gasteiger partial charge on any atom is 0.326 e. The van der Waals surface area contributed by atoms with Gasteiger partial charge in [-0.05, 0) is 56.2 Å². The topological polar surface area (TPSA) is 119 Å². The number of carboxylic acid groups (broad SMARTS) is 1. The van der Waals surface area contributed by atoms with Crippen molar-refractivity contribution in [3.63, 3.8) is 0 Å². The molecule has 0 spiro atoms. The maximum atomic E-state index is 12.3. The van der Waals surface area contributed by atoms with E-state index >= 15 is 0 Å². The molecule has 9 nitrogen and oxygen atoms in total. The number of carbonyl (C=O) groups is 2. The van der Waals surface area contributed by atoms with Crippen molar-refractivity contribution in [3.05, 3.63) is 24.3 Å². The summed E-state index contributed by atoms with van der Waals surface area (Å²) in [5.74, 6) is 1.16. The van der Waals surface area contributed by atoms with Gasteiger partial charge in [0.05, 0.1) is 5.52 Å². The van der Waals surface area contributed by atoms with E-state index in [1.165, 1.54) is 0 Å². The molecule has 1 saturated carbocycles. The Balaban J connectivity index is 1.53. The summed E-state index contributed by atoms with van der Waals surface area (Å²) in [6.07, 6.45) is 5.67. The van der Waals surface area contributed by atoms with E-state index in [2.05, 4.69) is 20.9 Å². The van der Waals surface area contributed by atoms with E-state index in [0.717, 1.165) is 42.4 Å². The predicted molar refractivity (Wildman–Crippen MR) is 130 cm³/mol. The molecule has 0 unspecified atom stereocenters. The number of urea groups is 1. The number of anilines is 2. The van der Waals surface area contributed by atoms with Crippen molar-refractivity contribution < 1.29 is 14.7 Å². The lowest BCUT2D eigenvalue weighted by molar-refractivity contribution is -0.139. The highest BCUT2D eigenvalue weighted by molar-refractivity contribution is 7.98. The van der Waals surface area contributed by atoms with Gasteiger partial charge in [-0.15, -0.1) is 0 Å². The van der Waals surface area contributed by atoms with E-state index in [4.69, 9.17) is 4.98 Å². The second kappa shape index (κ2) is 11.2. The molecule has 0 bridgehead atoms. The zero-order valence-corrected chi connectivity index (χ0v) is 19.6. The van der Waals surface area contributed by atoms with E-state index in [0.29, 0.717) is 18.1 Å². The molecule has 4 N–H and O–H groups in total. The van der Waals surface area contributed by atoms with Crippen molar-refractivity contribution in [2.75, 3.05) is 36.3 Å². The Morgan fingerprint density at radius 3 is 2.50 bits per heavy atom. The Bertz CT molecular complexity index is 933. The van der Waals surface area contributed by atoms with Crippen molar-refractivity contribution in [3.8, 4) is 0 Å². The standard InChI is InChI=1S/C22H32N6O3S/c1-28(2)19-16-6-4-5-7-17(16)25-21(27-19)23-14-8-10-15(11-9-14)24-22(31)26-18(20(29)30)12-13-32-3/h4-7,14-15,18H,8-13H2,1-3H3,(H,29,30)(H,23,25,27)(H2,24,26,31)/t14?,15?,18-/m0/s1. The van der Waals surface area contributed by atoms with Gasteiger partial charge in [0.1, 0.15) is 11.9 Å². The van der Waals surface area contributed by atoms with Crippen LogP contribution in [0.3, 0.4) is 0 Å². The first-order valence-electron chi connectivity index (χ1n) is 10.9. The fourth-order valence-corrected chi connectivity index (χ4v) is 4.38. The second-order valence-electron chi connectivity index (χ2n) is 8.27. The molecule has 10 heteroatoms. The van der Waals surface area contributed by atoms with Crippen LogP contribution in [0.15, 0.2) is 24.3 Å². The van der Waals surface area contributed by atoms with Crippen molar-refractivity contribution in [2.45, 2.75) is 50.2 Å². The van der Waals surface area contributed by atoms with Crippen LogP contribution < -0.4 is 20.9 Å². The number of nitrogens with one attached hydrogen (secondary N) is 3. The quantitative estimate of drug-likeness (QED) is 0.451. The summed E-state index contributed by atoms with van der Waals surface area (Å²) in [6, 6.07) is 6.93. The lowest BCUT2D eigenvalue weighted by Gasteiger charge is -2.30. The molecular weight excluding hydrogens is 428 g/mol. The Labute approximate surface area is 192 Å². The number of hydrogen-bond donors (Lipinski definition) is 4. The smallest absolute Gasteiger partial charge is 0.326 e. The molecule has 2 aromatic rings. The highest BCUT2D eigenvalue weighted by atomic mass is 32.2. The molecule has 32 heavy (non-hydrogen) atoms. The van der Waals surface area contributed by atoms with Crippen LogP contribution in [-0.4, -0.2) is 71.3 Å². The molecular formula is C22H32N6O3S. The van der Waals surface area contributed by atoms with Crippen LogP contribution in [0, 0.1) is 0 Å². The van der Waals surface area contributed by atoms with Crippen LogP contribution in [0.5, 0.6) is 0 Å². The van der Waals surface area contributed by atoms with E-state index in [1.807, 2.05) is 49.5 Å². The second-order valence-corrected chi connectivity index (χ2v) is 9.25. The van der Waals surface area contributed by atoms with E-state index in [1.54, 1.807) is 11.8 Å². The zero-order chi connectivity index (χ0) is 23.1. The van der Waals surface area contributed by atoms with E-state index in [-0.39, 0.29) is 12.1 Å². The zero-order valence-electron chi connectivity index (χ0n) is 18.8. The highest BCUT2D eigenvalue weighted by Crippen LogP contribution is 2.26. The minimum Gasteiger partial charge on any atom is -0.480 e. The summed E-state index contributed by atoms with van der Waals surface area (Å²) in [7, 11) is 3.94. The lowest BCUT2D eigenvalue weighted by Crippen LogP contribution is -2.50. The molecule has 1 aromatic heterocycles. The van der Waals surface area contributed by atoms with Gasteiger partial charge in [0.25, 0.3) is 0 Å². The molecule has 1 atom stereocenters. The normalized spacial score (nSPS) is 19.2. The third-order valence-electron chi connectivity index (χ3n) is 5.62. The number of aliphatic carboxylic acids is 1. The molecule has 2 amide bonds. The molecule has 0 saturated heterocycles. The van der Waals surface area contributed by atoms with Crippen LogP contribution >= 0.6 is 11.8 Å². The number of nitrogens with zero attached hydrogens (tertiary/aromatic N) is 3. The van der Waals surface area contributed by atoms with Crippen molar-refractivity contribution in [2.24, 2.45) is 0 Å². The van der Waals surface area contributed by atoms with Gasteiger partial charge in [0.15, 0.2) is 0 Å². The number of fused-ring (bicyclic) bond motifs is 1. The number of hydrogen-bond acceptors (Lipinski definition) is 7. The monoisotopic (exact) mass is 460 g/mol. The predicted octanol–water partition coefficient (Wildman–Crippen LogP) is 2.92. The molecule has 174 valence electrons. The number of benzene rings is 1. The van der Waals surface area contributed by atoms with Gasteiger partial charge < -0.3 is 26.0 Å². The van der Waals surface area contributed by atoms with Crippen LogP contribution in [0.1, 0.15) is 32.1 Å². The Kier molecular flexibility index (Phi) is 8.38. The Morgan fingerprint density at radius 2 is 1.84 bits per heavy atom. The van der Waals surface area contributed by atoms with Gasteiger partial charge in [-0.2, -0.15) is 16.7 Å². The summed E-state index contributed by atoms with van der Waals surface area (Å²) in [4.78, 5) is 34.9. The highest BCUT2D eigenvalue weighted by Gasteiger charge is 2.25. The molecule has 1 fully saturated rings. The van der Waals surface area contributed by atoms with Crippen molar-refractivity contribution >= 4 is 46.4 Å². The summed E-state index contributed by atoms with van der Waals surface area (Å²) in [6.45, 7) is 0. The van der Waals surface area contributed by atoms with Gasteiger partial charge in [-0.25, -0.2) is 14.6 Å². The molecule has 0 radical (unpaired) electrons. The van der Waals surface area contributed by atoms with Crippen LogP contribution in [0.25, 0.3) is 10.9 Å². The lowest BCUT2D eigenvalue weighted by atomic mass is 9.91. The Morgan fingerprint density at radius 1 is 1.16 bits per heavy atom. The Hall–Kier alpha value is -2.75. The molecule has 0 aliphatic heterocycles. The van der Waals surface area contributed by atoms with Crippen LogP contribution in [-0.2, 0) is 4.79 Å². The molecule has 1 aliphatic carbocycles. The fourth-order valence-electron chi connectivity index (χ4n) is 3.91. The van der Waals surface area contributed by atoms with Gasteiger partial charge in [-0.3, -0.25) is 0 Å². The van der Waals surface area contributed by atoms with Gasteiger partial charge in [0.2, 0.25) is 5.95 Å². The van der Waals surface area contributed by atoms with Crippen molar-refractivity contribution in [1.29, 1.82) is 0 Å². The number of aromatic nitrogens is 2. The number of rotatable bonds is 9. The first kappa shape index (κ1) is 23.9. The average molecular weight is 461 g/mol. The summed E-state index contributed by atoms with van der Waals surface area (Å²) in [5, 5.41) is 19.3. The summed E-state index contributed by atoms with van der Waals surface area (Å²) in [5.41, 5.74) is 0.898. The third-order valence-corrected chi connectivity index (χ3v) is 6.26. The molecule has 1 aromatic carbocycles. The minimum absolute atomic E-state index is 0.0258. The molecule has 1 aliphatic rings. The fraction of sp³-hybridized carbons (Fsp3) is 0.545. The third kappa shape index (κ3) is 6.38. The van der Waals surface area contributed by atoms with Crippen LogP contribution in [0.4, 0.5) is 16.6 Å². The first-order chi connectivity index (χ1) is 15.4. The van der Waals surface area contributed by atoms with E-state index in [9.17, 15) is 14.7 Å². The number of carboxylic acids is 1. The van der Waals surface area contributed by atoms with Gasteiger partial charge >= 0.3 is 12.0 Å². The van der Waals surface area contributed by atoms with Gasteiger partial charge in [-0.1, -0.05) is 12.1 Å². The van der Waals surface area contributed by atoms with Crippen molar-refractivity contribution in [1.82, 2.24) is 20.6 Å². The number of carbonyl (C=O) groups excluding carboxylic acids is 1. The number of para-hydroxylation sites is 1. The summed E-state index contributed by atoms with van der Waals surface area (Å²) < 4.78 is 0.